The minimum absolute atomic E-state index is 0.211. The average molecular weight is 156 g/mol. The van der Waals surface area contributed by atoms with Crippen molar-refractivity contribution in [1.29, 1.82) is 0 Å². The van der Waals surface area contributed by atoms with Gasteiger partial charge in [-0.05, 0) is 19.8 Å². The van der Waals surface area contributed by atoms with Crippen LogP contribution >= 0.6 is 0 Å². The van der Waals surface area contributed by atoms with Crippen LogP contribution in [0.1, 0.15) is 26.2 Å². The Balaban J connectivity index is 2.20. The number of carbonyl (C=O) groups excluding carboxylic acids is 1. The van der Waals surface area contributed by atoms with Crippen LogP contribution in [-0.2, 0) is 4.79 Å². The smallest absolute Gasteiger partial charge is 0.222 e. The van der Waals surface area contributed by atoms with Gasteiger partial charge < -0.3 is 10.6 Å². The topological polar surface area (TPSA) is 46.3 Å². The van der Waals surface area contributed by atoms with Gasteiger partial charge in [-0.25, -0.2) is 0 Å². The minimum atomic E-state index is 0.211. The summed E-state index contributed by atoms with van der Waals surface area (Å²) in [6.45, 7) is 3.75. The van der Waals surface area contributed by atoms with Crippen LogP contribution in [0.2, 0.25) is 0 Å². The molecule has 11 heavy (non-hydrogen) atoms. The lowest BCUT2D eigenvalue weighted by Crippen LogP contribution is -2.29. The summed E-state index contributed by atoms with van der Waals surface area (Å²) in [5.74, 6) is 0.297. The molecule has 0 radical (unpaired) electrons. The molecule has 0 spiro atoms. The predicted octanol–water partition coefficient (Wildman–Crippen LogP) is 0.346. The van der Waals surface area contributed by atoms with Gasteiger partial charge in [-0.2, -0.15) is 0 Å². The highest BCUT2D eigenvalue weighted by atomic mass is 16.2. The van der Waals surface area contributed by atoms with Gasteiger partial charge in [-0.1, -0.05) is 0 Å². The Morgan fingerprint density at radius 2 is 2.45 bits per heavy atom. The Labute approximate surface area is 67.5 Å². The fourth-order valence-electron chi connectivity index (χ4n) is 1.30. The first kappa shape index (κ1) is 8.53. The van der Waals surface area contributed by atoms with Crippen LogP contribution in [-0.4, -0.2) is 29.9 Å². The van der Waals surface area contributed by atoms with Gasteiger partial charge in [0, 0.05) is 25.6 Å². The van der Waals surface area contributed by atoms with Gasteiger partial charge >= 0.3 is 0 Å². The quantitative estimate of drug-likeness (QED) is 0.640. The highest BCUT2D eigenvalue weighted by Crippen LogP contribution is 2.09. The largest absolute Gasteiger partial charge is 0.343 e. The summed E-state index contributed by atoms with van der Waals surface area (Å²) in [5.41, 5.74) is 5.58. The van der Waals surface area contributed by atoms with Crippen molar-refractivity contribution >= 4 is 5.91 Å². The first-order valence-corrected chi connectivity index (χ1v) is 4.23. The van der Waals surface area contributed by atoms with E-state index in [9.17, 15) is 4.79 Å². The number of carbonyl (C=O) groups is 1. The number of nitrogens with zero attached hydrogens (tertiary/aromatic N) is 1. The van der Waals surface area contributed by atoms with E-state index in [1.165, 1.54) is 0 Å². The van der Waals surface area contributed by atoms with Gasteiger partial charge in [0.15, 0.2) is 0 Å². The van der Waals surface area contributed by atoms with Gasteiger partial charge in [0.05, 0.1) is 0 Å². The van der Waals surface area contributed by atoms with E-state index in [0.717, 1.165) is 32.4 Å². The third-order valence-corrected chi connectivity index (χ3v) is 2.03. The van der Waals surface area contributed by atoms with Gasteiger partial charge in [0.1, 0.15) is 0 Å². The summed E-state index contributed by atoms with van der Waals surface area (Å²) in [7, 11) is 0. The number of nitrogens with two attached hydrogens (primary N) is 1. The molecule has 0 aliphatic carbocycles. The minimum Gasteiger partial charge on any atom is -0.343 e. The lowest BCUT2D eigenvalue weighted by molar-refractivity contribution is -0.127. The van der Waals surface area contributed by atoms with Crippen molar-refractivity contribution in [2.75, 3.05) is 13.1 Å². The molecule has 0 bridgehead atoms. The monoisotopic (exact) mass is 156 g/mol. The molecule has 1 amide bonds. The predicted molar refractivity (Wildman–Crippen MR) is 44.1 cm³/mol. The molecule has 64 valence electrons. The van der Waals surface area contributed by atoms with Crippen molar-refractivity contribution in [3.05, 3.63) is 0 Å². The molecule has 1 rings (SSSR count). The lowest BCUT2D eigenvalue weighted by atomic mass is 10.2. The molecule has 0 aromatic rings. The molecular weight excluding hydrogens is 140 g/mol. The van der Waals surface area contributed by atoms with Gasteiger partial charge in [0.2, 0.25) is 5.91 Å². The Morgan fingerprint density at radius 3 is 2.91 bits per heavy atom. The number of likely N-dealkylation sites (tertiary alicyclic amines) is 1. The maximum absolute atomic E-state index is 11.1. The van der Waals surface area contributed by atoms with Crippen LogP contribution in [0, 0.1) is 0 Å². The van der Waals surface area contributed by atoms with Crippen LogP contribution < -0.4 is 5.73 Å². The molecule has 1 unspecified atom stereocenters. The molecule has 3 heteroatoms. The number of hydrogen-bond donors (Lipinski definition) is 1. The average Bonchev–Trinajstić information content (AvgIpc) is 2.31. The number of hydrogen-bond acceptors (Lipinski definition) is 2. The fourth-order valence-corrected chi connectivity index (χ4v) is 1.30. The molecule has 0 aromatic carbocycles. The van der Waals surface area contributed by atoms with E-state index >= 15 is 0 Å². The molecular formula is C8H16N2O. The molecule has 2 N–H and O–H groups in total. The van der Waals surface area contributed by atoms with Crippen LogP contribution in [0.3, 0.4) is 0 Å². The molecule has 1 heterocycles. The van der Waals surface area contributed by atoms with Crippen molar-refractivity contribution < 1.29 is 4.79 Å². The highest BCUT2D eigenvalue weighted by molar-refractivity contribution is 5.77. The summed E-state index contributed by atoms with van der Waals surface area (Å²) in [6, 6.07) is 0.211. The van der Waals surface area contributed by atoms with Crippen molar-refractivity contribution in [1.82, 2.24) is 4.90 Å². The molecule has 1 fully saturated rings. The molecule has 0 aromatic heterocycles. The van der Waals surface area contributed by atoms with Gasteiger partial charge in [-0.3, -0.25) is 4.79 Å². The molecule has 1 atom stereocenters. The summed E-state index contributed by atoms with van der Waals surface area (Å²) >= 11 is 0. The Kier molecular flexibility index (Phi) is 2.88. The van der Waals surface area contributed by atoms with Crippen LogP contribution in [0.25, 0.3) is 0 Å². The second-order valence-corrected chi connectivity index (χ2v) is 3.25. The summed E-state index contributed by atoms with van der Waals surface area (Å²) < 4.78 is 0. The van der Waals surface area contributed by atoms with E-state index in [2.05, 4.69) is 0 Å². The summed E-state index contributed by atoms with van der Waals surface area (Å²) in [4.78, 5) is 13.0. The lowest BCUT2D eigenvalue weighted by Gasteiger charge is -2.16. The molecule has 0 saturated carbocycles. The number of amides is 1. The first-order valence-electron chi connectivity index (χ1n) is 4.23. The second kappa shape index (κ2) is 3.72. The van der Waals surface area contributed by atoms with Crippen molar-refractivity contribution in [3.63, 3.8) is 0 Å². The zero-order chi connectivity index (χ0) is 8.27. The van der Waals surface area contributed by atoms with Crippen molar-refractivity contribution in [2.45, 2.75) is 32.2 Å². The van der Waals surface area contributed by atoms with Crippen LogP contribution in [0.15, 0.2) is 0 Å². The third-order valence-electron chi connectivity index (χ3n) is 2.03. The Morgan fingerprint density at radius 1 is 1.73 bits per heavy atom. The van der Waals surface area contributed by atoms with Crippen LogP contribution in [0.5, 0.6) is 0 Å². The van der Waals surface area contributed by atoms with Gasteiger partial charge in [0.25, 0.3) is 0 Å². The van der Waals surface area contributed by atoms with Crippen molar-refractivity contribution in [2.24, 2.45) is 5.73 Å². The summed E-state index contributed by atoms with van der Waals surface area (Å²) in [6.07, 6.45) is 2.68. The molecule has 1 aliphatic rings. The van der Waals surface area contributed by atoms with Crippen molar-refractivity contribution in [3.8, 4) is 0 Å². The van der Waals surface area contributed by atoms with E-state index < -0.39 is 0 Å². The second-order valence-electron chi connectivity index (χ2n) is 3.25. The zero-order valence-corrected chi connectivity index (χ0v) is 7.05. The maximum Gasteiger partial charge on any atom is 0.222 e. The molecule has 3 nitrogen and oxygen atoms in total. The summed E-state index contributed by atoms with van der Waals surface area (Å²) in [5, 5.41) is 0. The van der Waals surface area contributed by atoms with Crippen LogP contribution in [0.4, 0.5) is 0 Å². The molecule has 1 saturated heterocycles. The number of rotatable bonds is 3. The van der Waals surface area contributed by atoms with Gasteiger partial charge in [-0.15, -0.1) is 0 Å². The standard InChI is InChI=1S/C8H16N2O/c1-7(9)4-6-10-5-2-3-8(10)11/h7H,2-6,9H2,1H3. The normalized spacial score (nSPS) is 20.9. The zero-order valence-electron chi connectivity index (χ0n) is 7.05. The highest BCUT2D eigenvalue weighted by Gasteiger charge is 2.19. The van der Waals surface area contributed by atoms with E-state index in [0.29, 0.717) is 5.91 Å². The Hall–Kier alpha value is -0.570. The van der Waals surface area contributed by atoms with E-state index in [4.69, 9.17) is 5.73 Å². The maximum atomic E-state index is 11.1. The third kappa shape index (κ3) is 2.50. The fraction of sp³-hybridized carbons (Fsp3) is 0.875. The SMILES string of the molecule is CC(N)CCN1CCCC1=O. The molecule has 1 aliphatic heterocycles. The Bertz CT molecular complexity index is 145. The first-order chi connectivity index (χ1) is 5.20. The van der Waals surface area contributed by atoms with E-state index in [1.54, 1.807) is 0 Å². The van der Waals surface area contributed by atoms with E-state index in [-0.39, 0.29) is 6.04 Å². The van der Waals surface area contributed by atoms with E-state index in [1.807, 2.05) is 11.8 Å².